The number of hydrogen-bond acceptors (Lipinski definition) is 3. The van der Waals surface area contributed by atoms with Crippen molar-refractivity contribution >= 4 is 35.6 Å². The fourth-order valence-electron chi connectivity index (χ4n) is 1.87. The van der Waals surface area contributed by atoms with Gasteiger partial charge in [0, 0.05) is 31.7 Å². The Morgan fingerprint density at radius 3 is 2.44 bits per heavy atom. The third-order valence-corrected chi connectivity index (χ3v) is 3.38. The molecule has 2 rings (SSSR count). The smallest absolute Gasteiger partial charge is 0.254 e. The molecule has 1 aliphatic rings. The van der Waals surface area contributed by atoms with Crippen molar-refractivity contribution in [3.8, 4) is 0 Å². The first-order chi connectivity index (χ1) is 8.08. The lowest BCUT2D eigenvalue weighted by Gasteiger charge is -2.32. The van der Waals surface area contributed by atoms with E-state index in [1.165, 1.54) is 0 Å². The largest absolute Gasteiger partial charge is 0.398 e. The number of carbonyl (C=O) groups excluding carboxylic acids is 1. The zero-order valence-electron chi connectivity index (χ0n) is 10.2. The molecule has 100 valence electrons. The highest BCUT2D eigenvalue weighted by atomic mass is 35.5. The van der Waals surface area contributed by atoms with Crippen LogP contribution in [0.2, 0.25) is 5.02 Å². The molecular weight excluding hydrogens is 273 g/mol. The molecule has 4 nitrogen and oxygen atoms in total. The van der Waals surface area contributed by atoms with Crippen molar-refractivity contribution in [3.05, 3.63) is 28.8 Å². The Morgan fingerprint density at radius 2 is 1.89 bits per heavy atom. The average molecular weight is 290 g/mol. The highest BCUT2D eigenvalue weighted by Crippen LogP contribution is 2.20. The summed E-state index contributed by atoms with van der Waals surface area (Å²) < 4.78 is 0. The fraction of sp³-hybridized carbons (Fsp3) is 0.417. The summed E-state index contributed by atoms with van der Waals surface area (Å²) in [5, 5.41) is 0.486. The van der Waals surface area contributed by atoms with E-state index in [2.05, 4.69) is 11.9 Å². The van der Waals surface area contributed by atoms with Crippen molar-refractivity contribution in [1.29, 1.82) is 0 Å². The second kappa shape index (κ2) is 6.27. The molecule has 1 amide bonds. The van der Waals surface area contributed by atoms with Gasteiger partial charge in [-0.15, -0.1) is 12.4 Å². The van der Waals surface area contributed by atoms with Crippen molar-refractivity contribution in [2.75, 3.05) is 39.0 Å². The number of hydrogen-bond donors (Lipinski definition) is 1. The molecule has 0 aromatic heterocycles. The number of carbonyl (C=O) groups is 1. The Bertz CT molecular complexity index is 431. The molecule has 0 unspecified atom stereocenters. The standard InChI is InChI=1S/C12H16ClN3O.ClH/c1-15-4-6-16(7-5-15)12(17)9-2-3-10(13)11(14)8-9;/h2-3,8H,4-7,14H2,1H3;1H. The van der Waals surface area contributed by atoms with Gasteiger partial charge in [-0.3, -0.25) is 4.79 Å². The first-order valence-corrected chi connectivity index (χ1v) is 5.98. The Morgan fingerprint density at radius 1 is 1.28 bits per heavy atom. The lowest BCUT2D eigenvalue weighted by Crippen LogP contribution is -2.47. The van der Waals surface area contributed by atoms with Gasteiger partial charge in [0.1, 0.15) is 0 Å². The van der Waals surface area contributed by atoms with Gasteiger partial charge in [0.05, 0.1) is 10.7 Å². The summed E-state index contributed by atoms with van der Waals surface area (Å²) in [6, 6.07) is 5.03. The van der Waals surface area contributed by atoms with E-state index < -0.39 is 0 Å². The minimum absolute atomic E-state index is 0. The summed E-state index contributed by atoms with van der Waals surface area (Å²) in [4.78, 5) is 16.2. The number of nitrogen functional groups attached to an aromatic ring is 1. The molecular formula is C12H17Cl2N3O. The van der Waals surface area contributed by atoms with Gasteiger partial charge in [-0.2, -0.15) is 0 Å². The minimum atomic E-state index is 0. The SMILES string of the molecule is CN1CCN(C(=O)c2ccc(Cl)c(N)c2)CC1.Cl. The molecule has 1 heterocycles. The van der Waals surface area contributed by atoms with Gasteiger partial charge < -0.3 is 15.5 Å². The molecule has 0 aliphatic carbocycles. The van der Waals surface area contributed by atoms with Crippen molar-refractivity contribution < 1.29 is 4.79 Å². The second-order valence-electron chi connectivity index (χ2n) is 4.33. The number of amides is 1. The maximum absolute atomic E-state index is 12.2. The van der Waals surface area contributed by atoms with Crippen LogP contribution in [0.4, 0.5) is 5.69 Å². The van der Waals surface area contributed by atoms with Crippen LogP contribution in [0, 0.1) is 0 Å². The number of benzene rings is 1. The van der Waals surface area contributed by atoms with Crippen LogP contribution >= 0.6 is 24.0 Å². The number of anilines is 1. The topological polar surface area (TPSA) is 49.6 Å². The quantitative estimate of drug-likeness (QED) is 0.801. The first kappa shape index (κ1) is 15.1. The fourth-order valence-corrected chi connectivity index (χ4v) is 1.99. The number of nitrogens with zero attached hydrogens (tertiary/aromatic N) is 2. The Hall–Kier alpha value is -0.970. The van der Waals surface area contributed by atoms with Gasteiger partial charge in [-0.05, 0) is 25.2 Å². The molecule has 1 aliphatic heterocycles. The van der Waals surface area contributed by atoms with Crippen molar-refractivity contribution in [1.82, 2.24) is 9.80 Å². The third-order valence-electron chi connectivity index (χ3n) is 3.03. The Labute approximate surface area is 118 Å². The molecule has 1 fully saturated rings. The van der Waals surface area contributed by atoms with E-state index >= 15 is 0 Å². The van der Waals surface area contributed by atoms with E-state index in [1.54, 1.807) is 18.2 Å². The zero-order chi connectivity index (χ0) is 12.4. The molecule has 1 saturated heterocycles. The summed E-state index contributed by atoms with van der Waals surface area (Å²) in [6.45, 7) is 3.35. The van der Waals surface area contributed by atoms with Crippen molar-refractivity contribution in [3.63, 3.8) is 0 Å². The molecule has 0 spiro atoms. The molecule has 18 heavy (non-hydrogen) atoms. The van der Waals surface area contributed by atoms with Crippen LogP contribution in [0.3, 0.4) is 0 Å². The maximum atomic E-state index is 12.2. The summed E-state index contributed by atoms with van der Waals surface area (Å²) in [7, 11) is 2.06. The summed E-state index contributed by atoms with van der Waals surface area (Å²) in [6.07, 6.45) is 0. The molecule has 0 saturated carbocycles. The Balaban J connectivity index is 0.00000162. The Kier molecular flexibility index (Phi) is 5.26. The van der Waals surface area contributed by atoms with Crippen molar-refractivity contribution in [2.24, 2.45) is 0 Å². The van der Waals surface area contributed by atoms with Gasteiger partial charge in [0.2, 0.25) is 0 Å². The van der Waals surface area contributed by atoms with Crippen LogP contribution in [0.1, 0.15) is 10.4 Å². The minimum Gasteiger partial charge on any atom is -0.398 e. The highest BCUT2D eigenvalue weighted by Gasteiger charge is 2.20. The number of likely N-dealkylation sites (N-methyl/N-ethyl adjacent to an activating group) is 1. The van der Waals surface area contributed by atoms with Gasteiger partial charge in [0.25, 0.3) is 5.91 Å². The summed E-state index contributed by atoms with van der Waals surface area (Å²) >= 11 is 5.83. The van der Waals surface area contributed by atoms with Gasteiger partial charge in [-0.25, -0.2) is 0 Å². The molecule has 0 bridgehead atoms. The normalized spacial score (nSPS) is 16.2. The molecule has 1 aromatic carbocycles. The van der Waals surface area contributed by atoms with E-state index in [1.807, 2.05) is 4.90 Å². The van der Waals surface area contributed by atoms with E-state index in [0.717, 1.165) is 26.2 Å². The maximum Gasteiger partial charge on any atom is 0.254 e. The summed E-state index contributed by atoms with van der Waals surface area (Å²) in [5.74, 6) is 0.0291. The van der Waals surface area contributed by atoms with Crippen LogP contribution < -0.4 is 5.73 Å². The molecule has 6 heteroatoms. The third kappa shape index (κ3) is 3.28. The predicted molar refractivity (Wildman–Crippen MR) is 76.5 cm³/mol. The van der Waals surface area contributed by atoms with Crippen LogP contribution in [-0.2, 0) is 0 Å². The van der Waals surface area contributed by atoms with Gasteiger partial charge >= 0.3 is 0 Å². The van der Waals surface area contributed by atoms with Gasteiger partial charge in [0.15, 0.2) is 0 Å². The van der Waals surface area contributed by atoms with E-state index in [9.17, 15) is 4.79 Å². The van der Waals surface area contributed by atoms with E-state index in [0.29, 0.717) is 16.3 Å². The highest BCUT2D eigenvalue weighted by molar-refractivity contribution is 6.33. The lowest BCUT2D eigenvalue weighted by atomic mass is 10.1. The zero-order valence-corrected chi connectivity index (χ0v) is 11.8. The van der Waals surface area contributed by atoms with Crippen LogP contribution in [-0.4, -0.2) is 48.9 Å². The van der Waals surface area contributed by atoms with Crippen LogP contribution in [0.5, 0.6) is 0 Å². The van der Waals surface area contributed by atoms with E-state index in [-0.39, 0.29) is 18.3 Å². The molecule has 0 atom stereocenters. The first-order valence-electron chi connectivity index (χ1n) is 5.61. The average Bonchev–Trinajstić information content (AvgIpc) is 2.33. The monoisotopic (exact) mass is 289 g/mol. The lowest BCUT2D eigenvalue weighted by molar-refractivity contribution is 0.0664. The van der Waals surface area contributed by atoms with E-state index in [4.69, 9.17) is 17.3 Å². The number of nitrogens with two attached hydrogens (primary N) is 1. The van der Waals surface area contributed by atoms with Crippen LogP contribution in [0.25, 0.3) is 0 Å². The van der Waals surface area contributed by atoms with Crippen molar-refractivity contribution in [2.45, 2.75) is 0 Å². The van der Waals surface area contributed by atoms with Gasteiger partial charge in [-0.1, -0.05) is 11.6 Å². The second-order valence-corrected chi connectivity index (χ2v) is 4.74. The number of halogens is 2. The predicted octanol–water partition coefficient (Wildman–Crippen LogP) is 1.73. The molecule has 2 N–H and O–H groups in total. The molecule has 0 radical (unpaired) electrons. The number of rotatable bonds is 1. The number of piperazine rings is 1. The summed E-state index contributed by atoms with van der Waals surface area (Å²) in [5.41, 5.74) is 6.76. The molecule has 1 aromatic rings. The van der Waals surface area contributed by atoms with Crippen LogP contribution in [0.15, 0.2) is 18.2 Å².